The lowest BCUT2D eigenvalue weighted by Gasteiger charge is -2.32. The van der Waals surface area contributed by atoms with Crippen molar-refractivity contribution in [2.75, 3.05) is 46.3 Å². The summed E-state index contributed by atoms with van der Waals surface area (Å²) in [6, 6.07) is 11.0. The second-order valence-corrected chi connectivity index (χ2v) is 9.53. The van der Waals surface area contributed by atoms with Gasteiger partial charge in [-0.15, -0.1) is 24.0 Å². The van der Waals surface area contributed by atoms with Gasteiger partial charge in [0.25, 0.3) is 0 Å². The summed E-state index contributed by atoms with van der Waals surface area (Å²) in [5.74, 6) is 2.47. The lowest BCUT2D eigenvalue weighted by Crippen LogP contribution is -2.40. The smallest absolute Gasteiger partial charge is 0.193 e. The fraction of sp³-hybridized carbons (Fsp3) is 0.615. The molecule has 182 valence electrons. The Kier molecular flexibility index (Phi) is 10.5. The van der Waals surface area contributed by atoms with Gasteiger partial charge in [0.2, 0.25) is 0 Å². The molecule has 0 spiro atoms. The van der Waals surface area contributed by atoms with Crippen LogP contribution in [0, 0.1) is 5.92 Å². The number of nitrogens with zero attached hydrogens (tertiary/aromatic N) is 5. The maximum absolute atomic E-state index is 4.53. The van der Waals surface area contributed by atoms with Gasteiger partial charge in [0.1, 0.15) is 0 Å². The highest BCUT2D eigenvalue weighted by atomic mass is 127. The van der Waals surface area contributed by atoms with Crippen molar-refractivity contribution in [2.24, 2.45) is 18.0 Å². The third-order valence-electron chi connectivity index (χ3n) is 7.15. The molecule has 2 aromatic rings. The number of halogens is 1. The fourth-order valence-corrected chi connectivity index (χ4v) is 5.23. The Bertz CT molecular complexity index is 843. The largest absolute Gasteiger partial charge is 0.356 e. The first-order valence-corrected chi connectivity index (χ1v) is 12.4. The van der Waals surface area contributed by atoms with Gasteiger partial charge in [0, 0.05) is 45.8 Å². The molecule has 2 saturated heterocycles. The van der Waals surface area contributed by atoms with Gasteiger partial charge in [0.05, 0.1) is 6.20 Å². The topological polar surface area (TPSA) is 48.7 Å². The molecule has 7 heteroatoms. The van der Waals surface area contributed by atoms with E-state index in [0.717, 1.165) is 31.5 Å². The van der Waals surface area contributed by atoms with Gasteiger partial charge in [-0.2, -0.15) is 5.10 Å². The molecule has 1 aromatic carbocycles. The van der Waals surface area contributed by atoms with Crippen molar-refractivity contribution < 1.29 is 0 Å². The number of likely N-dealkylation sites (tertiary alicyclic amines) is 2. The molecule has 0 radical (unpaired) electrons. The third-order valence-corrected chi connectivity index (χ3v) is 7.15. The summed E-state index contributed by atoms with van der Waals surface area (Å²) in [5.41, 5.74) is 2.84. The SMILES string of the molecule is CN=C(NCCCCN1CCC(Cc2ccccc2)CC1)N1CCC(c2cnn(C)c2)C1.I. The zero-order valence-corrected chi connectivity index (χ0v) is 22.7. The van der Waals surface area contributed by atoms with E-state index >= 15 is 0 Å². The van der Waals surface area contributed by atoms with Crippen LogP contribution in [0.4, 0.5) is 0 Å². The first-order chi connectivity index (χ1) is 15.7. The highest BCUT2D eigenvalue weighted by molar-refractivity contribution is 14.0. The van der Waals surface area contributed by atoms with Crippen molar-refractivity contribution in [1.29, 1.82) is 0 Å². The molecule has 0 saturated carbocycles. The van der Waals surface area contributed by atoms with Gasteiger partial charge in [-0.25, -0.2) is 0 Å². The van der Waals surface area contributed by atoms with E-state index in [2.05, 4.69) is 61.7 Å². The lowest BCUT2D eigenvalue weighted by molar-refractivity contribution is 0.181. The summed E-state index contributed by atoms with van der Waals surface area (Å²) in [4.78, 5) is 9.59. The minimum Gasteiger partial charge on any atom is -0.356 e. The summed E-state index contributed by atoms with van der Waals surface area (Å²) in [7, 11) is 3.89. The molecule has 2 aliphatic rings. The molecule has 0 amide bonds. The Morgan fingerprint density at radius 1 is 1.09 bits per heavy atom. The number of hydrogen-bond acceptors (Lipinski definition) is 3. The van der Waals surface area contributed by atoms with Crippen LogP contribution >= 0.6 is 24.0 Å². The average molecular weight is 565 g/mol. The van der Waals surface area contributed by atoms with Gasteiger partial charge < -0.3 is 15.1 Å². The van der Waals surface area contributed by atoms with Gasteiger partial charge >= 0.3 is 0 Å². The molecule has 1 N–H and O–H groups in total. The van der Waals surface area contributed by atoms with E-state index < -0.39 is 0 Å². The molecule has 2 fully saturated rings. The van der Waals surface area contributed by atoms with Crippen molar-refractivity contribution in [3.63, 3.8) is 0 Å². The Morgan fingerprint density at radius 3 is 2.58 bits per heavy atom. The molecule has 1 unspecified atom stereocenters. The molecule has 1 aromatic heterocycles. The number of aliphatic imine (C=N–C) groups is 1. The second kappa shape index (κ2) is 13.3. The number of nitrogens with one attached hydrogen (secondary N) is 1. The first-order valence-electron chi connectivity index (χ1n) is 12.4. The fourth-order valence-electron chi connectivity index (χ4n) is 5.23. The van der Waals surface area contributed by atoms with E-state index in [9.17, 15) is 0 Å². The van der Waals surface area contributed by atoms with Crippen LogP contribution in [0.15, 0.2) is 47.7 Å². The number of hydrogen-bond donors (Lipinski definition) is 1. The predicted molar refractivity (Wildman–Crippen MR) is 147 cm³/mol. The standard InChI is InChI=1S/C26H40N6.HI/c1-27-26(32-17-12-24(21-32)25-19-29-30(2)20-25)28-13-6-7-14-31-15-10-23(11-16-31)18-22-8-4-3-5-9-22;/h3-5,8-9,19-20,23-24H,6-7,10-18,21H2,1-2H3,(H,27,28);1H. The Morgan fingerprint density at radius 2 is 1.88 bits per heavy atom. The quantitative estimate of drug-likeness (QED) is 0.227. The number of aromatic nitrogens is 2. The van der Waals surface area contributed by atoms with Crippen LogP contribution in [0.5, 0.6) is 0 Å². The van der Waals surface area contributed by atoms with E-state index in [1.807, 2.05) is 25.0 Å². The van der Waals surface area contributed by atoms with Gasteiger partial charge in [-0.05, 0) is 75.2 Å². The van der Waals surface area contributed by atoms with E-state index in [-0.39, 0.29) is 24.0 Å². The molecular weight excluding hydrogens is 523 g/mol. The summed E-state index contributed by atoms with van der Waals surface area (Å²) in [6.07, 6.45) is 11.7. The van der Waals surface area contributed by atoms with Crippen LogP contribution in [0.2, 0.25) is 0 Å². The molecule has 1 atom stereocenters. The zero-order chi connectivity index (χ0) is 22.2. The monoisotopic (exact) mass is 564 g/mol. The Labute approximate surface area is 216 Å². The Balaban J connectivity index is 0.00000306. The number of aryl methyl sites for hydroxylation is 1. The van der Waals surface area contributed by atoms with E-state index in [0.29, 0.717) is 5.92 Å². The first kappa shape index (κ1) is 26.0. The van der Waals surface area contributed by atoms with Gasteiger partial charge in [-0.1, -0.05) is 30.3 Å². The number of piperidine rings is 1. The summed E-state index contributed by atoms with van der Waals surface area (Å²) in [6.45, 7) is 6.85. The van der Waals surface area contributed by atoms with Crippen molar-refractivity contribution in [2.45, 2.75) is 44.4 Å². The molecule has 6 nitrogen and oxygen atoms in total. The summed E-state index contributed by atoms with van der Waals surface area (Å²) >= 11 is 0. The molecular formula is C26H41IN6. The van der Waals surface area contributed by atoms with E-state index in [1.54, 1.807) is 0 Å². The predicted octanol–water partition coefficient (Wildman–Crippen LogP) is 4.14. The third kappa shape index (κ3) is 7.70. The normalized spacial score (nSPS) is 20.1. The van der Waals surface area contributed by atoms with Crippen molar-refractivity contribution in [3.8, 4) is 0 Å². The van der Waals surface area contributed by atoms with E-state index in [1.165, 1.54) is 69.3 Å². The molecule has 0 bridgehead atoms. The summed E-state index contributed by atoms with van der Waals surface area (Å²) in [5, 5.41) is 7.93. The average Bonchev–Trinajstić information content (AvgIpc) is 3.47. The molecule has 3 heterocycles. The molecule has 2 aliphatic heterocycles. The van der Waals surface area contributed by atoms with Crippen molar-refractivity contribution in [3.05, 3.63) is 53.9 Å². The minimum atomic E-state index is 0. The molecule has 33 heavy (non-hydrogen) atoms. The summed E-state index contributed by atoms with van der Waals surface area (Å²) < 4.78 is 1.90. The van der Waals surface area contributed by atoms with Crippen molar-refractivity contribution in [1.82, 2.24) is 24.9 Å². The molecule has 0 aliphatic carbocycles. The molecule has 4 rings (SSSR count). The van der Waals surface area contributed by atoms with Gasteiger partial charge in [-0.3, -0.25) is 9.67 Å². The number of rotatable bonds is 8. The number of benzene rings is 1. The van der Waals surface area contributed by atoms with Crippen LogP contribution in [0.3, 0.4) is 0 Å². The highest BCUT2D eigenvalue weighted by Gasteiger charge is 2.26. The highest BCUT2D eigenvalue weighted by Crippen LogP contribution is 2.26. The van der Waals surface area contributed by atoms with Crippen LogP contribution < -0.4 is 5.32 Å². The van der Waals surface area contributed by atoms with Crippen LogP contribution in [0.1, 0.15) is 49.1 Å². The Hall–Kier alpha value is -1.61. The number of guanidine groups is 1. The second-order valence-electron chi connectivity index (χ2n) is 9.53. The maximum atomic E-state index is 4.53. The van der Waals surface area contributed by atoms with Crippen LogP contribution in [-0.4, -0.2) is 71.9 Å². The van der Waals surface area contributed by atoms with Crippen LogP contribution in [-0.2, 0) is 13.5 Å². The maximum Gasteiger partial charge on any atom is 0.193 e. The number of unbranched alkanes of at least 4 members (excludes halogenated alkanes) is 1. The van der Waals surface area contributed by atoms with Crippen molar-refractivity contribution >= 4 is 29.9 Å². The van der Waals surface area contributed by atoms with Crippen LogP contribution in [0.25, 0.3) is 0 Å². The lowest BCUT2D eigenvalue weighted by atomic mass is 9.90. The zero-order valence-electron chi connectivity index (χ0n) is 20.3. The van der Waals surface area contributed by atoms with E-state index in [4.69, 9.17) is 0 Å². The minimum absolute atomic E-state index is 0. The van der Waals surface area contributed by atoms with Gasteiger partial charge in [0.15, 0.2) is 5.96 Å².